The largest absolute Gasteiger partial charge is 0.465 e. The monoisotopic (exact) mass is 296 g/mol. The molecule has 0 fully saturated rings. The minimum Gasteiger partial charge on any atom is -0.465 e. The summed E-state index contributed by atoms with van der Waals surface area (Å²) in [6, 6.07) is 0. The molecule has 0 radical (unpaired) electrons. The van der Waals surface area contributed by atoms with Crippen molar-refractivity contribution in [3.63, 3.8) is 0 Å². The molecule has 0 aliphatic rings. The van der Waals surface area contributed by atoms with E-state index in [4.69, 9.17) is 4.74 Å². The van der Waals surface area contributed by atoms with Crippen molar-refractivity contribution < 1.29 is 9.53 Å². The van der Waals surface area contributed by atoms with Crippen LogP contribution < -0.4 is 0 Å². The molecular formula is C11H21BrO2S. The molecule has 90 valence electrons. The van der Waals surface area contributed by atoms with E-state index in [1.807, 2.05) is 13.2 Å². The smallest absolute Gasteiger partial charge is 0.309 e. The molecule has 1 unspecified atom stereocenters. The molecule has 0 aromatic rings. The van der Waals surface area contributed by atoms with Crippen molar-refractivity contribution in [1.29, 1.82) is 0 Å². The molecule has 0 aliphatic heterocycles. The van der Waals surface area contributed by atoms with E-state index < -0.39 is 0 Å². The van der Waals surface area contributed by atoms with Crippen LogP contribution >= 0.6 is 27.7 Å². The van der Waals surface area contributed by atoms with Crippen LogP contribution in [0.4, 0.5) is 0 Å². The second-order valence-electron chi connectivity index (χ2n) is 3.48. The summed E-state index contributed by atoms with van der Waals surface area (Å²) in [7, 11) is 0. The first-order valence-corrected chi connectivity index (χ1v) is 7.99. The van der Waals surface area contributed by atoms with Gasteiger partial charge in [0.25, 0.3) is 0 Å². The molecule has 0 aromatic carbocycles. The fourth-order valence-electron chi connectivity index (χ4n) is 1.22. The molecule has 0 rings (SSSR count). The number of carbonyl (C=O) groups is 1. The first kappa shape index (κ1) is 15.3. The van der Waals surface area contributed by atoms with Crippen molar-refractivity contribution in [3.05, 3.63) is 0 Å². The first-order valence-electron chi connectivity index (χ1n) is 5.47. The van der Waals surface area contributed by atoms with Crippen LogP contribution in [-0.2, 0) is 9.53 Å². The van der Waals surface area contributed by atoms with Crippen molar-refractivity contribution in [2.24, 2.45) is 5.92 Å². The van der Waals surface area contributed by atoms with Gasteiger partial charge in [-0.25, -0.2) is 0 Å². The van der Waals surface area contributed by atoms with Crippen LogP contribution in [0.1, 0.15) is 32.6 Å². The summed E-state index contributed by atoms with van der Waals surface area (Å²) < 4.78 is 5.23. The molecule has 0 aliphatic carbocycles. The SMILES string of the molecule is CCC(CSC)C(=O)OCCCCCBr. The van der Waals surface area contributed by atoms with Crippen molar-refractivity contribution >= 4 is 33.7 Å². The fraction of sp³-hybridized carbons (Fsp3) is 0.909. The Balaban J connectivity index is 3.53. The van der Waals surface area contributed by atoms with E-state index in [0.29, 0.717) is 6.61 Å². The van der Waals surface area contributed by atoms with Gasteiger partial charge < -0.3 is 4.74 Å². The number of unbranched alkanes of at least 4 members (excludes halogenated alkanes) is 2. The Morgan fingerprint density at radius 3 is 2.67 bits per heavy atom. The molecule has 0 saturated heterocycles. The second-order valence-corrected chi connectivity index (χ2v) is 5.18. The van der Waals surface area contributed by atoms with Crippen molar-refractivity contribution in [1.82, 2.24) is 0 Å². The lowest BCUT2D eigenvalue weighted by Gasteiger charge is -2.12. The Morgan fingerprint density at radius 2 is 2.13 bits per heavy atom. The number of esters is 1. The molecule has 0 N–H and O–H groups in total. The number of halogens is 1. The third kappa shape index (κ3) is 8.14. The summed E-state index contributed by atoms with van der Waals surface area (Å²) in [4.78, 5) is 11.6. The van der Waals surface area contributed by atoms with Gasteiger partial charge >= 0.3 is 5.97 Å². The maximum absolute atomic E-state index is 11.6. The molecule has 4 heteroatoms. The summed E-state index contributed by atoms with van der Waals surface area (Å²) in [5.74, 6) is 0.929. The van der Waals surface area contributed by atoms with Crippen LogP contribution in [0.15, 0.2) is 0 Å². The summed E-state index contributed by atoms with van der Waals surface area (Å²) in [6.45, 7) is 2.61. The minimum atomic E-state index is -0.0225. The lowest BCUT2D eigenvalue weighted by molar-refractivity contribution is -0.147. The molecule has 0 amide bonds. The van der Waals surface area contributed by atoms with Crippen molar-refractivity contribution in [3.8, 4) is 0 Å². The molecular weight excluding hydrogens is 276 g/mol. The number of rotatable bonds is 9. The Morgan fingerprint density at radius 1 is 1.40 bits per heavy atom. The highest BCUT2D eigenvalue weighted by Crippen LogP contribution is 2.12. The molecule has 0 saturated carbocycles. The zero-order valence-electron chi connectivity index (χ0n) is 9.63. The summed E-state index contributed by atoms with van der Waals surface area (Å²) in [5.41, 5.74) is 0. The van der Waals surface area contributed by atoms with Crippen LogP contribution in [-0.4, -0.2) is 29.9 Å². The second kappa shape index (κ2) is 10.8. The van der Waals surface area contributed by atoms with Gasteiger partial charge in [0.1, 0.15) is 0 Å². The predicted octanol–water partition coefficient (Wildman–Crippen LogP) is 3.48. The third-order valence-corrected chi connectivity index (χ3v) is 3.51. The van der Waals surface area contributed by atoms with Crippen LogP contribution in [0.3, 0.4) is 0 Å². The molecule has 0 spiro atoms. The average Bonchev–Trinajstić information content (AvgIpc) is 2.25. The highest BCUT2D eigenvalue weighted by Gasteiger charge is 2.16. The van der Waals surface area contributed by atoms with Crippen LogP contribution in [0, 0.1) is 5.92 Å². The quantitative estimate of drug-likeness (QED) is 0.370. The maximum atomic E-state index is 11.6. The van der Waals surface area contributed by atoms with Gasteiger partial charge in [-0.15, -0.1) is 0 Å². The van der Waals surface area contributed by atoms with Crippen molar-refractivity contribution in [2.45, 2.75) is 32.6 Å². The lowest BCUT2D eigenvalue weighted by atomic mass is 10.1. The number of hydrogen-bond donors (Lipinski definition) is 0. The van der Waals surface area contributed by atoms with E-state index in [-0.39, 0.29) is 11.9 Å². The Labute approximate surface area is 106 Å². The summed E-state index contributed by atoms with van der Waals surface area (Å²) in [6.07, 6.45) is 6.15. The number of thioether (sulfide) groups is 1. The number of alkyl halides is 1. The van der Waals surface area contributed by atoms with Gasteiger partial charge in [0, 0.05) is 11.1 Å². The third-order valence-electron chi connectivity index (χ3n) is 2.22. The van der Waals surface area contributed by atoms with E-state index >= 15 is 0 Å². The van der Waals surface area contributed by atoms with Gasteiger partial charge in [-0.05, 0) is 31.9 Å². The maximum Gasteiger partial charge on any atom is 0.309 e. The van der Waals surface area contributed by atoms with Gasteiger partial charge in [-0.3, -0.25) is 4.79 Å². The number of hydrogen-bond acceptors (Lipinski definition) is 3. The molecule has 15 heavy (non-hydrogen) atoms. The highest BCUT2D eigenvalue weighted by molar-refractivity contribution is 9.09. The van der Waals surface area contributed by atoms with Gasteiger partial charge in [0.15, 0.2) is 0 Å². The molecule has 0 bridgehead atoms. The normalized spacial score (nSPS) is 12.5. The van der Waals surface area contributed by atoms with E-state index in [2.05, 4.69) is 15.9 Å². The van der Waals surface area contributed by atoms with E-state index in [0.717, 1.165) is 36.8 Å². The lowest BCUT2D eigenvalue weighted by Crippen LogP contribution is -2.19. The van der Waals surface area contributed by atoms with E-state index in [9.17, 15) is 4.79 Å². The highest BCUT2D eigenvalue weighted by atomic mass is 79.9. The number of ether oxygens (including phenoxy) is 1. The standard InChI is InChI=1S/C11H21BrO2S/c1-3-10(9-15-2)11(13)14-8-6-4-5-7-12/h10H,3-9H2,1-2H3. The zero-order valence-corrected chi connectivity index (χ0v) is 12.0. The predicted molar refractivity (Wildman–Crippen MR) is 70.8 cm³/mol. The number of carbonyl (C=O) groups excluding carboxylic acids is 1. The summed E-state index contributed by atoms with van der Waals surface area (Å²) in [5, 5.41) is 1.03. The van der Waals surface area contributed by atoms with Crippen molar-refractivity contribution in [2.75, 3.05) is 23.9 Å². The zero-order chi connectivity index (χ0) is 11.5. The van der Waals surface area contributed by atoms with Crippen LogP contribution in [0.5, 0.6) is 0 Å². The molecule has 1 atom stereocenters. The van der Waals surface area contributed by atoms with Gasteiger partial charge in [-0.2, -0.15) is 11.8 Å². The average molecular weight is 297 g/mol. The van der Waals surface area contributed by atoms with Crippen LogP contribution in [0.25, 0.3) is 0 Å². The molecule has 0 heterocycles. The fourth-order valence-corrected chi connectivity index (χ4v) is 2.39. The van der Waals surface area contributed by atoms with Gasteiger partial charge in [0.05, 0.1) is 12.5 Å². The topological polar surface area (TPSA) is 26.3 Å². The van der Waals surface area contributed by atoms with E-state index in [1.54, 1.807) is 11.8 Å². The van der Waals surface area contributed by atoms with E-state index in [1.165, 1.54) is 0 Å². The minimum absolute atomic E-state index is 0.0225. The molecule has 0 aromatic heterocycles. The van der Waals surface area contributed by atoms with Gasteiger partial charge in [0.2, 0.25) is 0 Å². The Kier molecular flexibility index (Phi) is 11.0. The Hall–Kier alpha value is 0.300. The Bertz CT molecular complexity index is 165. The first-order chi connectivity index (χ1) is 7.26. The van der Waals surface area contributed by atoms with Gasteiger partial charge in [-0.1, -0.05) is 22.9 Å². The summed E-state index contributed by atoms with van der Waals surface area (Å²) >= 11 is 5.08. The molecule has 2 nitrogen and oxygen atoms in total. The van der Waals surface area contributed by atoms with Crippen LogP contribution in [0.2, 0.25) is 0 Å².